The first-order valence-corrected chi connectivity index (χ1v) is 7.72. The molecule has 0 unspecified atom stereocenters. The number of benzene rings is 1. The first-order chi connectivity index (χ1) is 10.0. The fourth-order valence-electron chi connectivity index (χ4n) is 1.58. The molecule has 1 aromatic rings. The Morgan fingerprint density at radius 1 is 1.24 bits per heavy atom. The summed E-state index contributed by atoms with van der Waals surface area (Å²) in [5.74, 6) is -0.885. The third-order valence-corrected chi connectivity index (χ3v) is 2.82. The van der Waals surface area contributed by atoms with Gasteiger partial charge in [-0.2, -0.15) is 0 Å². The Morgan fingerprint density at radius 3 is 2.29 bits per heavy atom. The average molecular weight is 299 g/mol. The summed E-state index contributed by atoms with van der Waals surface area (Å²) in [6, 6.07) is 5.96. The quantitative estimate of drug-likeness (QED) is 0.816. The highest BCUT2D eigenvalue weighted by Crippen LogP contribution is 2.18. The Morgan fingerprint density at radius 2 is 1.81 bits per heavy atom. The second kappa shape index (κ2) is 13.6. The van der Waals surface area contributed by atoms with Crippen molar-refractivity contribution in [2.24, 2.45) is 0 Å². The van der Waals surface area contributed by atoms with Crippen LogP contribution in [0.5, 0.6) is 0 Å². The molecule has 2 N–H and O–H groups in total. The van der Waals surface area contributed by atoms with Crippen molar-refractivity contribution in [1.82, 2.24) is 5.32 Å². The molecule has 0 radical (unpaired) electrons. The molecule has 122 valence electrons. The molecule has 0 aliphatic rings. The maximum Gasteiger partial charge on any atom is 0.320 e. The number of nitrogens with one attached hydrogen (secondary N) is 1. The van der Waals surface area contributed by atoms with Gasteiger partial charge in [0.15, 0.2) is 0 Å². The van der Waals surface area contributed by atoms with Gasteiger partial charge < -0.3 is 10.4 Å². The van der Waals surface area contributed by atoms with Gasteiger partial charge in [0.2, 0.25) is 0 Å². The molecule has 0 amide bonds. The van der Waals surface area contributed by atoms with Gasteiger partial charge in [0, 0.05) is 0 Å². The van der Waals surface area contributed by atoms with Crippen molar-refractivity contribution in [2.75, 3.05) is 6.54 Å². The fourth-order valence-corrected chi connectivity index (χ4v) is 1.58. The van der Waals surface area contributed by atoms with Gasteiger partial charge in [-0.05, 0) is 43.5 Å². The minimum Gasteiger partial charge on any atom is -0.480 e. The van der Waals surface area contributed by atoms with E-state index in [2.05, 4.69) is 5.32 Å². The van der Waals surface area contributed by atoms with Crippen molar-refractivity contribution in [2.45, 2.75) is 59.9 Å². The minimum atomic E-state index is -0.858. The van der Waals surface area contributed by atoms with E-state index in [0.29, 0.717) is 6.54 Å². The van der Waals surface area contributed by atoms with Crippen molar-refractivity contribution >= 4 is 5.97 Å². The van der Waals surface area contributed by atoms with E-state index in [1.807, 2.05) is 40.7 Å². The summed E-state index contributed by atoms with van der Waals surface area (Å²) in [5.41, 5.74) is 0.940. The third-order valence-electron chi connectivity index (χ3n) is 2.82. The lowest BCUT2D eigenvalue weighted by Crippen LogP contribution is -2.34. The molecule has 0 aliphatic carbocycles. The van der Waals surface area contributed by atoms with E-state index in [9.17, 15) is 9.18 Å². The summed E-state index contributed by atoms with van der Waals surface area (Å²) in [6.07, 6.45) is 0.779. The molecule has 0 aliphatic heterocycles. The number of halogens is 1. The Hall–Kier alpha value is -1.42. The SMILES string of the molecule is CC.CC.C[C@@H](NCC[C@H](C)c1cccc(F)c1)C(=O)O. The highest BCUT2D eigenvalue weighted by atomic mass is 19.1. The van der Waals surface area contributed by atoms with Gasteiger partial charge >= 0.3 is 5.97 Å². The van der Waals surface area contributed by atoms with E-state index in [4.69, 9.17) is 5.11 Å². The Balaban J connectivity index is 0. The van der Waals surface area contributed by atoms with Crippen LogP contribution in [0.15, 0.2) is 24.3 Å². The summed E-state index contributed by atoms with van der Waals surface area (Å²) in [4.78, 5) is 10.6. The zero-order valence-corrected chi connectivity index (χ0v) is 14.1. The van der Waals surface area contributed by atoms with Crippen molar-refractivity contribution < 1.29 is 14.3 Å². The molecular formula is C17H30FNO2. The second-order valence-corrected chi connectivity index (χ2v) is 4.26. The van der Waals surface area contributed by atoms with E-state index in [1.54, 1.807) is 13.0 Å². The number of carbonyl (C=O) groups is 1. The maximum absolute atomic E-state index is 13.0. The smallest absolute Gasteiger partial charge is 0.320 e. The Kier molecular flexibility index (Phi) is 14.1. The maximum atomic E-state index is 13.0. The first kappa shape index (κ1) is 21.9. The standard InChI is InChI=1S/C13H18FNO2.2C2H6/c1-9(6-7-15-10(2)13(16)17)11-4-3-5-12(14)8-11;2*1-2/h3-5,8-10,15H,6-7H2,1-2H3,(H,16,17);2*1-2H3/t9-,10+;;/m0../s1. The Labute approximate surface area is 128 Å². The van der Waals surface area contributed by atoms with Gasteiger partial charge in [-0.3, -0.25) is 4.79 Å². The van der Waals surface area contributed by atoms with Crippen molar-refractivity contribution in [3.05, 3.63) is 35.6 Å². The average Bonchev–Trinajstić information content (AvgIpc) is 2.51. The van der Waals surface area contributed by atoms with E-state index in [0.717, 1.165) is 12.0 Å². The molecule has 0 saturated heterocycles. The number of hydrogen-bond acceptors (Lipinski definition) is 2. The minimum absolute atomic E-state index is 0.208. The second-order valence-electron chi connectivity index (χ2n) is 4.26. The number of rotatable bonds is 6. The molecule has 21 heavy (non-hydrogen) atoms. The zero-order valence-electron chi connectivity index (χ0n) is 14.1. The number of hydrogen-bond donors (Lipinski definition) is 2. The highest BCUT2D eigenvalue weighted by Gasteiger charge is 2.11. The van der Waals surface area contributed by atoms with Crippen LogP contribution >= 0.6 is 0 Å². The topological polar surface area (TPSA) is 49.3 Å². The Bertz CT molecular complexity index is 383. The van der Waals surface area contributed by atoms with Crippen LogP contribution in [0.4, 0.5) is 4.39 Å². The van der Waals surface area contributed by atoms with Gasteiger partial charge in [0.1, 0.15) is 11.9 Å². The van der Waals surface area contributed by atoms with E-state index >= 15 is 0 Å². The van der Waals surface area contributed by atoms with Gasteiger partial charge in [-0.15, -0.1) is 0 Å². The molecule has 0 fully saturated rings. The lowest BCUT2D eigenvalue weighted by atomic mass is 9.98. The van der Waals surface area contributed by atoms with E-state index in [1.165, 1.54) is 12.1 Å². The van der Waals surface area contributed by atoms with Crippen molar-refractivity contribution in [1.29, 1.82) is 0 Å². The molecule has 0 spiro atoms. The summed E-state index contributed by atoms with van der Waals surface area (Å²) in [7, 11) is 0. The van der Waals surface area contributed by atoms with Crippen LogP contribution in [0.3, 0.4) is 0 Å². The van der Waals surface area contributed by atoms with Crippen LogP contribution < -0.4 is 5.32 Å². The predicted octanol–water partition coefficient (Wildman–Crippen LogP) is 4.43. The summed E-state index contributed by atoms with van der Waals surface area (Å²) < 4.78 is 13.0. The molecule has 3 nitrogen and oxygen atoms in total. The van der Waals surface area contributed by atoms with E-state index in [-0.39, 0.29) is 11.7 Å². The normalized spacial score (nSPS) is 12.1. The number of carboxylic acid groups (broad SMARTS) is 1. The van der Waals surface area contributed by atoms with Crippen LogP contribution in [0.25, 0.3) is 0 Å². The van der Waals surface area contributed by atoms with Gasteiger partial charge in [0.25, 0.3) is 0 Å². The molecular weight excluding hydrogens is 269 g/mol. The van der Waals surface area contributed by atoms with Crippen LogP contribution in [0.1, 0.15) is 59.4 Å². The summed E-state index contributed by atoms with van der Waals surface area (Å²) in [5, 5.41) is 11.6. The van der Waals surface area contributed by atoms with E-state index < -0.39 is 12.0 Å². The van der Waals surface area contributed by atoms with Gasteiger partial charge in [0.05, 0.1) is 0 Å². The molecule has 1 aromatic carbocycles. The molecule has 2 atom stereocenters. The fraction of sp³-hybridized carbons (Fsp3) is 0.588. The molecule has 1 rings (SSSR count). The molecule has 4 heteroatoms. The third kappa shape index (κ3) is 10.0. The largest absolute Gasteiger partial charge is 0.480 e. The lowest BCUT2D eigenvalue weighted by Gasteiger charge is -2.14. The highest BCUT2D eigenvalue weighted by molar-refractivity contribution is 5.72. The van der Waals surface area contributed by atoms with Crippen LogP contribution in [0, 0.1) is 5.82 Å². The monoisotopic (exact) mass is 299 g/mol. The summed E-state index contributed by atoms with van der Waals surface area (Å²) in [6.45, 7) is 12.2. The van der Waals surface area contributed by atoms with Crippen LogP contribution in [-0.4, -0.2) is 23.7 Å². The van der Waals surface area contributed by atoms with Gasteiger partial charge in [-0.1, -0.05) is 46.8 Å². The van der Waals surface area contributed by atoms with Crippen LogP contribution in [-0.2, 0) is 4.79 Å². The molecule has 0 saturated carbocycles. The zero-order chi connectivity index (χ0) is 16.8. The number of carboxylic acids is 1. The lowest BCUT2D eigenvalue weighted by molar-refractivity contribution is -0.138. The van der Waals surface area contributed by atoms with Crippen molar-refractivity contribution in [3.63, 3.8) is 0 Å². The van der Waals surface area contributed by atoms with Gasteiger partial charge in [-0.25, -0.2) is 4.39 Å². The van der Waals surface area contributed by atoms with Crippen LogP contribution in [0.2, 0.25) is 0 Å². The predicted molar refractivity (Wildman–Crippen MR) is 87.2 cm³/mol. The molecule has 0 heterocycles. The molecule has 0 bridgehead atoms. The summed E-state index contributed by atoms with van der Waals surface area (Å²) >= 11 is 0. The molecule has 0 aromatic heterocycles. The first-order valence-electron chi connectivity index (χ1n) is 7.72. The van der Waals surface area contributed by atoms with Crippen molar-refractivity contribution in [3.8, 4) is 0 Å². The number of aliphatic carboxylic acids is 1.